The van der Waals surface area contributed by atoms with Crippen LogP contribution < -0.4 is 0 Å². The lowest BCUT2D eigenvalue weighted by Gasteiger charge is -2.40. The van der Waals surface area contributed by atoms with E-state index in [0.29, 0.717) is 25.4 Å². The molecule has 1 saturated heterocycles. The summed E-state index contributed by atoms with van der Waals surface area (Å²) in [4.78, 5) is 26.5. The van der Waals surface area contributed by atoms with Crippen molar-refractivity contribution in [3.05, 3.63) is 0 Å². The third-order valence-corrected chi connectivity index (χ3v) is 7.07. The smallest absolute Gasteiger partial charge is 0.306 e. The van der Waals surface area contributed by atoms with Crippen molar-refractivity contribution >= 4 is 11.9 Å². The van der Waals surface area contributed by atoms with Gasteiger partial charge in [0.05, 0.1) is 19.4 Å². The molecule has 0 bridgehead atoms. The third kappa shape index (κ3) is 12.8. The first-order valence-electron chi connectivity index (χ1n) is 13.1. The summed E-state index contributed by atoms with van der Waals surface area (Å²) in [5.74, 6) is -0.449. The van der Waals surface area contributed by atoms with Crippen molar-refractivity contribution in [3.8, 4) is 0 Å². The van der Waals surface area contributed by atoms with E-state index in [1.165, 1.54) is 51.4 Å². The fraction of sp³-hybridized carbons (Fsp3) is 0.923. The van der Waals surface area contributed by atoms with Crippen LogP contribution >= 0.6 is 0 Å². The maximum atomic E-state index is 12.6. The number of hydrogen-bond acceptors (Lipinski definition) is 5. The summed E-state index contributed by atoms with van der Waals surface area (Å²) in [6.45, 7) is 7.65. The van der Waals surface area contributed by atoms with Crippen molar-refractivity contribution < 1.29 is 24.5 Å². The van der Waals surface area contributed by atoms with E-state index in [9.17, 15) is 14.7 Å². The summed E-state index contributed by atoms with van der Waals surface area (Å²) in [6.07, 6.45) is 14.2. The zero-order chi connectivity index (χ0) is 23.7. The number of esters is 1. The van der Waals surface area contributed by atoms with Crippen molar-refractivity contribution in [1.29, 1.82) is 0 Å². The first kappa shape index (κ1) is 28.9. The number of aliphatic hydroxyl groups is 1. The molecular formula is C26H49NO5. The van der Waals surface area contributed by atoms with Gasteiger partial charge in [0, 0.05) is 6.61 Å². The molecule has 1 fully saturated rings. The van der Waals surface area contributed by atoms with Gasteiger partial charge in [-0.2, -0.15) is 0 Å². The predicted molar refractivity (Wildman–Crippen MR) is 129 cm³/mol. The highest BCUT2D eigenvalue weighted by Gasteiger charge is 2.39. The Kier molecular flexibility index (Phi) is 15.7. The molecule has 188 valence electrons. The van der Waals surface area contributed by atoms with Gasteiger partial charge in [-0.25, -0.2) is 0 Å². The van der Waals surface area contributed by atoms with Gasteiger partial charge >= 0.3 is 11.9 Å². The van der Waals surface area contributed by atoms with Crippen LogP contribution in [-0.2, 0) is 14.3 Å². The minimum Gasteiger partial charge on any atom is -0.481 e. The van der Waals surface area contributed by atoms with Crippen molar-refractivity contribution in [2.45, 2.75) is 110 Å². The maximum Gasteiger partial charge on any atom is 0.306 e. The molecule has 0 radical (unpaired) electrons. The molecule has 0 unspecified atom stereocenters. The van der Waals surface area contributed by atoms with Crippen LogP contribution in [0.25, 0.3) is 0 Å². The second-order valence-electron chi connectivity index (χ2n) is 9.89. The van der Waals surface area contributed by atoms with Gasteiger partial charge in [-0.1, -0.05) is 65.2 Å². The number of hydrogen-bond donors (Lipinski definition) is 2. The molecule has 1 aliphatic rings. The summed E-state index contributed by atoms with van der Waals surface area (Å²) in [5.41, 5.74) is -0.488. The summed E-state index contributed by atoms with van der Waals surface area (Å²) in [6, 6.07) is 0. The fourth-order valence-electron chi connectivity index (χ4n) is 4.93. The van der Waals surface area contributed by atoms with Crippen LogP contribution in [0.1, 0.15) is 110 Å². The number of likely N-dealkylation sites (tertiary alicyclic amines) is 1. The maximum absolute atomic E-state index is 12.6. The first-order chi connectivity index (χ1) is 15.4. The molecule has 0 amide bonds. The van der Waals surface area contributed by atoms with Crippen molar-refractivity contribution in [2.24, 2.45) is 11.3 Å². The van der Waals surface area contributed by atoms with Gasteiger partial charge in [0.1, 0.15) is 0 Å². The highest BCUT2D eigenvalue weighted by atomic mass is 16.5. The number of aliphatic carboxylic acids is 1. The summed E-state index contributed by atoms with van der Waals surface area (Å²) >= 11 is 0. The van der Waals surface area contributed by atoms with Gasteiger partial charge in [0.2, 0.25) is 0 Å². The molecular weight excluding hydrogens is 406 g/mol. The zero-order valence-corrected chi connectivity index (χ0v) is 20.8. The van der Waals surface area contributed by atoms with E-state index in [-0.39, 0.29) is 25.4 Å². The number of carbonyl (C=O) groups excluding carboxylic acids is 1. The zero-order valence-electron chi connectivity index (χ0n) is 20.8. The Balaban J connectivity index is 2.48. The van der Waals surface area contributed by atoms with Gasteiger partial charge < -0.3 is 19.8 Å². The monoisotopic (exact) mass is 455 g/mol. The minimum absolute atomic E-state index is 0.0310. The first-order valence-corrected chi connectivity index (χ1v) is 13.1. The standard InChI is InChI=1S/C26H49NO5/c1-3-5-7-11-23(12-8-6-4-2)13-20-32-25(31)22-26(21-24(29)30)14-17-27(18-15-26)16-9-10-19-28/h23,28H,3-22H2,1-2H3,(H,29,30). The molecule has 0 atom stereocenters. The molecule has 6 heteroatoms. The SMILES string of the molecule is CCCCCC(CCCCC)CCOC(=O)CC1(CC(=O)O)CCN(CCCCO)CC1. The molecule has 32 heavy (non-hydrogen) atoms. The average molecular weight is 456 g/mol. The van der Waals surface area contributed by atoms with Gasteiger partial charge in [0.15, 0.2) is 0 Å². The topological polar surface area (TPSA) is 87.1 Å². The highest BCUT2D eigenvalue weighted by molar-refractivity contribution is 5.73. The lowest BCUT2D eigenvalue weighted by Crippen LogP contribution is -2.42. The van der Waals surface area contributed by atoms with Crippen LogP contribution in [0.5, 0.6) is 0 Å². The molecule has 1 aliphatic heterocycles. The normalized spacial score (nSPS) is 16.4. The minimum atomic E-state index is -0.835. The van der Waals surface area contributed by atoms with E-state index >= 15 is 0 Å². The molecule has 2 N–H and O–H groups in total. The van der Waals surface area contributed by atoms with Crippen LogP contribution in [0.4, 0.5) is 0 Å². The Morgan fingerprint density at radius 2 is 1.53 bits per heavy atom. The second-order valence-corrected chi connectivity index (χ2v) is 9.89. The molecule has 0 spiro atoms. The molecule has 0 saturated carbocycles. The highest BCUT2D eigenvalue weighted by Crippen LogP contribution is 2.39. The van der Waals surface area contributed by atoms with Gasteiger partial charge in [-0.05, 0) is 63.1 Å². The Morgan fingerprint density at radius 1 is 0.906 bits per heavy atom. The predicted octanol–water partition coefficient (Wildman–Crippen LogP) is 5.42. The number of unbranched alkanes of at least 4 members (excludes halogenated alkanes) is 5. The Labute approximate surface area is 196 Å². The van der Waals surface area contributed by atoms with E-state index in [4.69, 9.17) is 9.84 Å². The molecule has 0 aliphatic carbocycles. The number of carbonyl (C=O) groups is 2. The fourth-order valence-corrected chi connectivity index (χ4v) is 4.93. The number of ether oxygens (including phenoxy) is 1. The molecule has 1 rings (SSSR count). The summed E-state index contributed by atoms with van der Waals surface area (Å²) in [5, 5.41) is 18.4. The van der Waals surface area contributed by atoms with Crippen molar-refractivity contribution in [3.63, 3.8) is 0 Å². The third-order valence-electron chi connectivity index (χ3n) is 7.07. The Morgan fingerprint density at radius 3 is 2.06 bits per heavy atom. The quantitative estimate of drug-likeness (QED) is 0.200. The lowest BCUT2D eigenvalue weighted by atomic mass is 9.73. The number of rotatable bonds is 19. The average Bonchev–Trinajstić information content (AvgIpc) is 2.75. The molecule has 6 nitrogen and oxygen atoms in total. The second kappa shape index (κ2) is 17.4. The molecule has 1 heterocycles. The number of nitrogens with zero attached hydrogens (tertiary/aromatic N) is 1. The van der Waals surface area contributed by atoms with Crippen LogP contribution in [0.15, 0.2) is 0 Å². The summed E-state index contributed by atoms with van der Waals surface area (Å²) < 4.78 is 5.63. The van der Waals surface area contributed by atoms with Gasteiger partial charge in [0.25, 0.3) is 0 Å². The van der Waals surface area contributed by atoms with Gasteiger partial charge in [-0.15, -0.1) is 0 Å². The number of piperidine rings is 1. The number of carboxylic acid groups (broad SMARTS) is 1. The number of carboxylic acids is 1. The largest absolute Gasteiger partial charge is 0.481 e. The molecule has 0 aromatic heterocycles. The van der Waals surface area contributed by atoms with Crippen molar-refractivity contribution in [1.82, 2.24) is 4.90 Å². The van der Waals surface area contributed by atoms with E-state index < -0.39 is 11.4 Å². The lowest BCUT2D eigenvalue weighted by molar-refractivity contribution is -0.150. The van der Waals surface area contributed by atoms with E-state index in [0.717, 1.165) is 38.9 Å². The van der Waals surface area contributed by atoms with Crippen LogP contribution in [0.2, 0.25) is 0 Å². The molecule has 0 aromatic carbocycles. The number of aliphatic hydroxyl groups excluding tert-OH is 1. The molecule has 0 aromatic rings. The van der Waals surface area contributed by atoms with Crippen LogP contribution in [0.3, 0.4) is 0 Å². The van der Waals surface area contributed by atoms with Crippen molar-refractivity contribution in [2.75, 3.05) is 32.8 Å². The van der Waals surface area contributed by atoms with E-state index in [1.54, 1.807) is 0 Å². The van der Waals surface area contributed by atoms with E-state index in [2.05, 4.69) is 18.7 Å². The Bertz CT molecular complexity index is 492. The van der Waals surface area contributed by atoms with E-state index in [1.807, 2.05) is 0 Å². The van der Waals surface area contributed by atoms with Crippen LogP contribution in [0, 0.1) is 11.3 Å². The summed E-state index contributed by atoms with van der Waals surface area (Å²) in [7, 11) is 0. The van der Waals surface area contributed by atoms with Gasteiger partial charge in [-0.3, -0.25) is 9.59 Å². The van der Waals surface area contributed by atoms with Crippen LogP contribution in [-0.4, -0.2) is 59.9 Å². The Hall–Kier alpha value is -1.14.